The van der Waals surface area contributed by atoms with E-state index in [4.69, 9.17) is 0 Å². The third-order valence-corrected chi connectivity index (χ3v) is 12.2. The minimum absolute atomic E-state index is 0. The molecule has 356 valence electrons. The van der Waals surface area contributed by atoms with E-state index in [2.05, 4.69) is 128 Å². The fourth-order valence-corrected chi connectivity index (χ4v) is 8.42. The fraction of sp³-hybridized carbons (Fsp3) is 0.519. The van der Waals surface area contributed by atoms with Gasteiger partial charge in [0.1, 0.15) is 11.5 Å². The highest BCUT2D eigenvalue weighted by molar-refractivity contribution is 5.90. The van der Waals surface area contributed by atoms with Gasteiger partial charge in [-0.3, -0.25) is 0 Å². The number of benzene rings is 4. The molecule has 1 fully saturated rings. The number of piperazine rings is 1. The summed E-state index contributed by atoms with van der Waals surface area (Å²) in [4.78, 5) is 36.9. The van der Waals surface area contributed by atoms with Gasteiger partial charge in [-0.05, 0) is 83.0 Å². The molecule has 0 saturated carbocycles. The van der Waals surface area contributed by atoms with Crippen LogP contribution in [0.4, 0.5) is 21.0 Å². The molecule has 1 saturated heterocycles. The minimum atomic E-state index is -0.304. The summed E-state index contributed by atoms with van der Waals surface area (Å²) in [6.45, 7) is 32.7. The first kappa shape index (κ1) is 52.9. The van der Waals surface area contributed by atoms with Gasteiger partial charge in [-0.1, -0.05) is 144 Å². The second-order valence-electron chi connectivity index (χ2n) is 21.9. The molecule has 11 heteroatoms. The van der Waals surface area contributed by atoms with Crippen LogP contribution in [0.25, 0.3) is 0 Å². The molecule has 0 aliphatic carbocycles. The third-order valence-electron chi connectivity index (χ3n) is 12.2. The van der Waals surface area contributed by atoms with E-state index in [1.165, 1.54) is 0 Å². The molecule has 1 heterocycles. The molecule has 0 bridgehead atoms. The van der Waals surface area contributed by atoms with Crippen molar-refractivity contribution in [2.45, 2.75) is 131 Å². The molecule has 4 aromatic rings. The van der Waals surface area contributed by atoms with Gasteiger partial charge in [0.25, 0.3) is 0 Å². The first-order chi connectivity index (χ1) is 29.9. The van der Waals surface area contributed by atoms with E-state index in [0.717, 1.165) is 85.5 Å². The van der Waals surface area contributed by atoms with E-state index in [0.29, 0.717) is 49.1 Å². The third kappa shape index (κ3) is 15.1. The van der Waals surface area contributed by atoms with Gasteiger partial charge in [-0.15, -0.1) is 12.4 Å². The van der Waals surface area contributed by atoms with Gasteiger partial charge >= 0.3 is 12.1 Å². The summed E-state index contributed by atoms with van der Waals surface area (Å²) >= 11 is 0. The Morgan fingerprint density at radius 1 is 0.508 bits per heavy atom. The Labute approximate surface area is 397 Å². The lowest BCUT2D eigenvalue weighted by atomic mass is 9.79. The number of amides is 4. The molecule has 10 nitrogen and oxygen atoms in total. The normalized spacial score (nSPS) is 14.1. The van der Waals surface area contributed by atoms with Crippen molar-refractivity contribution in [3.8, 4) is 11.5 Å². The number of hydrogen-bond donors (Lipinski definition) is 4. The zero-order chi connectivity index (χ0) is 47.0. The Morgan fingerprint density at radius 3 is 1.05 bits per heavy atom. The lowest BCUT2D eigenvalue weighted by molar-refractivity contribution is 0.123. The summed E-state index contributed by atoms with van der Waals surface area (Å²) in [5.74, 6) is 0.589. The number of urea groups is 2. The molecule has 0 unspecified atom stereocenters. The van der Waals surface area contributed by atoms with Crippen LogP contribution >= 0.6 is 12.4 Å². The van der Waals surface area contributed by atoms with Crippen molar-refractivity contribution in [1.29, 1.82) is 0 Å². The molecule has 4 N–H and O–H groups in total. The number of halogens is 1. The molecule has 1 aliphatic heterocycles. The Balaban J connectivity index is 0.00000925. The minimum Gasteiger partial charge on any atom is -0.507 e. The first-order valence-electron chi connectivity index (χ1n) is 23.3. The van der Waals surface area contributed by atoms with E-state index in [1.807, 2.05) is 70.5 Å². The van der Waals surface area contributed by atoms with Gasteiger partial charge in [0.15, 0.2) is 0 Å². The fourth-order valence-electron chi connectivity index (χ4n) is 8.42. The maximum atomic E-state index is 14.0. The van der Waals surface area contributed by atoms with Crippen molar-refractivity contribution in [2.75, 3.05) is 63.0 Å². The Morgan fingerprint density at radius 2 is 0.785 bits per heavy atom. The standard InChI is InChI=1S/C54H78N6O4.ClH/c1-51(2,3)43-33-41(34-44(47(43)61)52(4,5)6)55-49(63)59(37-39-21-15-13-16-22-39)27-19-25-57-29-31-58(32-30-57)26-20-28-60(38-40-23-17-14-18-24-40)50(64)56-42-35-45(53(7,8)9)48(62)46(36-42)54(10,11)12;/h13-18,21-24,33-36,61-62H,19-20,25-32,37-38H2,1-12H3,(H,55,63)(H,56,64);1H. The number of aromatic hydroxyl groups is 2. The summed E-state index contributed by atoms with van der Waals surface area (Å²) in [6, 6.07) is 27.6. The second kappa shape index (κ2) is 22.1. The molecule has 0 spiro atoms. The lowest BCUT2D eigenvalue weighted by Gasteiger charge is -2.35. The molecular weight excluding hydrogens is 832 g/mol. The molecule has 0 aromatic heterocycles. The van der Waals surface area contributed by atoms with E-state index in [9.17, 15) is 19.8 Å². The van der Waals surface area contributed by atoms with Crippen LogP contribution in [0.3, 0.4) is 0 Å². The highest BCUT2D eigenvalue weighted by Crippen LogP contribution is 2.42. The van der Waals surface area contributed by atoms with Gasteiger partial charge in [0.2, 0.25) is 0 Å². The number of phenols is 2. The highest BCUT2D eigenvalue weighted by atomic mass is 35.5. The molecule has 5 rings (SSSR count). The Kier molecular flexibility index (Phi) is 18.0. The van der Waals surface area contributed by atoms with Crippen molar-refractivity contribution >= 4 is 35.8 Å². The predicted octanol–water partition coefficient (Wildman–Crippen LogP) is 11.9. The van der Waals surface area contributed by atoms with Gasteiger partial charge in [0, 0.05) is 86.0 Å². The first-order valence-corrected chi connectivity index (χ1v) is 23.3. The summed E-state index contributed by atoms with van der Waals surface area (Å²) in [5, 5.41) is 28.9. The molecular formula is C54H79ClN6O4. The maximum Gasteiger partial charge on any atom is 0.322 e. The van der Waals surface area contributed by atoms with E-state index in [-0.39, 0.29) is 46.1 Å². The van der Waals surface area contributed by atoms with Crippen molar-refractivity contribution < 1.29 is 19.8 Å². The number of rotatable bonds is 14. The molecule has 0 atom stereocenters. The predicted molar refractivity (Wildman–Crippen MR) is 272 cm³/mol. The summed E-state index contributed by atoms with van der Waals surface area (Å²) < 4.78 is 0. The molecule has 0 radical (unpaired) electrons. The van der Waals surface area contributed by atoms with Crippen LogP contribution in [0.2, 0.25) is 0 Å². The van der Waals surface area contributed by atoms with E-state index >= 15 is 0 Å². The number of nitrogens with one attached hydrogen (secondary N) is 2. The summed E-state index contributed by atoms with van der Waals surface area (Å²) in [7, 11) is 0. The number of carbonyl (C=O) groups excluding carboxylic acids is 2. The van der Waals surface area contributed by atoms with Crippen LogP contribution in [0.15, 0.2) is 84.9 Å². The van der Waals surface area contributed by atoms with Crippen molar-refractivity contribution in [3.63, 3.8) is 0 Å². The SMILES string of the molecule is CC(C)(C)c1cc(NC(=O)N(CCCN2CCN(CCCN(Cc3ccccc3)C(=O)Nc3cc(C(C)(C)C)c(O)c(C(C)(C)C)c3)CC2)Cc2ccccc2)cc(C(C)(C)C)c1O.Cl. The number of hydrogen-bond acceptors (Lipinski definition) is 6. The van der Waals surface area contributed by atoms with Crippen LogP contribution in [0.5, 0.6) is 11.5 Å². The smallest absolute Gasteiger partial charge is 0.322 e. The van der Waals surface area contributed by atoms with Crippen molar-refractivity contribution in [3.05, 3.63) is 118 Å². The molecule has 4 aromatic carbocycles. The number of nitrogens with zero attached hydrogens (tertiary/aromatic N) is 4. The van der Waals surface area contributed by atoms with E-state index in [1.54, 1.807) is 0 Å². The summed E-state index contributed by atoms with van der Waals surface area (Å²) in [6.07, 6.45) is 1.69. The van der Waals surface area contributed by atoms with Gasteiger partial charge < -0.3 is 40.4 Å². The number of carbonyl (C=O) groups is 2. The average molecular weight is 912 g/mol. The van der Waals surface area contributed by atoms with Gasteiger partial charge in [-0.25, -0.2) is 9.59 Å². The lowest BCUT2D eigenvalue weighted by Crippen LogP contribution is -2.47. The largest absolute Gasteiger partial charge is 0.507 e. The van der Waals surface area contributed by atoms with E-state index < -0.39 is 0 Å². The van der Waals surface area contributed by atoms with Gasteiger partial charge in [0.05, 0.1) is 0 Å². The maximum absolute atomic E-state index is 14.0. The average Bonchev–Trinajstić information content (AvgIpc) is 3.20. The van der Waals surface area contributed by atoms with Crippen LogP contribution in [-0.4, -0.2) is 94.2 Å². The number of anilines is 2. The monoisotopic (exact) mass is 911 g/mol. The topological polar surface area (TPSA) is 112 Å². The zero-order valence-corrected chi connectivity index (χ0v) is 42.3. The van der Waals surface area contributed by atoms with Gasteiger partial charge in [-0.2, -0.15) is 0 Å². The highest BCUT2D eigenvalue weighted by Gasteiger charge is 2.29. The molecule has 65 heavy (non-hydrogen) atoms. The Bertz CT molecular complexity index is 1940. The zero-order valence-electron chi connectivity index (χ0n) is 41.5. The van der Waals surface area contributed by atoms with Crippen molar-refractivity contribution in [2.24, 2.45) is 0 Å². The number of phenolic OH excluding ortho intramolecular Hbond substituents is 2. The van der Waals surface area contributed by atoms with Crippen LogP contribution in [0.1, 0.15) is 129 Å². The van der Waals surface area contributed by atoms with Crippen LogP contribution in [-0.2, 0) is 34.7 Å². The van der Waals surface area contributed by atoms with Crippen LogP contribution < -0.4 is 10.6 Å². The Hall–Kier alpha value is -4.77. The van der Waals surface area contributed by atoms with Crippen LogP contribution in [0, 0.1) is 0 Å². The van der Waals surface area contributed by atoms with Crippen molar-refractivity contribution in [1.82, 2.24) is 19.6 Å². The second-order valence-corrected chi connectivity index (χ2v) is 21.9. The molecule has 4 amide bonds. The quantitative estimate of drug-likeness (QED) is 0.0938. The molecule has 1 aliphatic rings. The summed E-state index contributed by atoms with van der Waals surface area (Å²) in [5.41, 5.74) is 5.57.